The van der Waals surface area contributed by atoms with Crippen LogP contribution in [0.1, 0.15) is 45.5 Å². The number of anilines is 1. The highest BCUT2D eigenvalue weighted by atomic mass is 79.9. The van der Waals surface area contributed by atoms with Gasteiger partial charge in [0.25, 0.3) is 0 Å². The van der Waals surface area contributed by atoms with Crippen molar-refractivity contribution >= 4 is 44.1 Å². The van der Waals surface area contributed by atoms with Crippen LogP contribution in [-0.4, -0.2) is 28.3 Å². The van der Waals surface area contributed by atoms with Gasteiger partial charge >= 0.3 is 12.1 Å². The van der Waals surface area contributed by atoms with E-state index in [9.17, 15) is 22.8 Å². The summed E-state index contributed by atoms with van der Waals surface area (Å²) in [7, 11) is 0. The van der Waals surface area contributed by atoms with Gasteiger partial charge in [-0.3, -0.25) is 9.48 Å². The van der Waals surface area contributed by atoms with Crippen LogP contribution in [-0.2, 0) is 22.3 Å². The molecule has 154 valence electrons. The Morgan fingerprint density at radius 2 is 1.93 bits per heavy atom. The Balaban J connectivity index is 2.12. The van der Waals surface area contributed by atoms with E-state index in [1.54, 1.807) is 13.8 Å². The van der Waals surface area contributed by atoms with Gasteiger partial charge in [0.1, 0.15) is 5.00 Å². The summed E-state index contributed by atoms with van der Waals surface area (Å²) in [6.07, 6.45) is -4.69. The maximum Gasteiger partial charge on any atom is 0.436 e. The van der Waals surface area contributed by atoms with E-state index in [0.717, 1.165) is 15.1 Å². The zero-order valence-electron chi connectivity index (χ0n) is 15.7. The van der Waals surface area contributed by atoms with Crippen LogP contribution in [0.2, 0.25) is 0 Å². The van der Waals surface area contributed by atoms with E-state index in [1.165, 1.54) is 18.3 Å². The third-order valence-corrected chi connectivity index (χ3v) is 6.14. The Morgan fingerprint density at radius 3 is 2.46 bits per heavy atom. The van der Waals surface area contributed by atoms with Crippen LogP contribution in [0, 0.1) is 20.8 Å². The summed E-state index contributed by atoms with van der Waals surface area (Å²) < 4.78 is 44.8. The number of amides is 1. The molecule has 0 atom stereocenters. The minimum absolute atomic E-state index is 0.0373. The lowest BCUT2D eigenvalue weighted by Gasteiger charge is -2.08. The second-order valence-electron chi connectivity index (χ2n) is 5.97. The molecule has 6 nitrogen and oxygen atoms in total. The molecule has 2 aromatic rings. The number of ether oxygens (including phenoxy) is 1. The van der Waals surface area contributed by atoms with Crippen LogP contribution >= 0.6 is 27.3 Å². The maximum absolute atomic E-state index is 12.9. The monoisotopic (exact) mass is 481 g/mol. The molecule has 0 aliphatic heterocycles. The Hall–Kier alpha value is -1.88. The number of alkyl halides is 3. The zero-order valence-corrected chi connectivity index (χ0v) is 18.1. The van der Waals surface area contributed by atoms with Crippen molar-refractivity contribution in [2.75, 3.05) is 11.9 Å². The summed E-state index contributed by atoms with van der Waals surface area (Å²) in [6.45, 7) is 6.91. The topological polar surface area (TPSA) is 73.2 Å². The first-order chi connectivity index (χ1) is 13.0. The van der Waals surface area contributed by atoms with Crippen molar-refractivity contribution in [2.45, 2.75) is 46.8 Å². The Morgan fingerprint density at radius 1 is 1.29 bits per heavy atom. The molecule has 2 aromatic heterocycles. The highest BCUT2D eigenvalue weighted by molar-refractivity contribution is 9.10. The molecular formula is C17H19BrF3N3O3S. The van der Waals surface area contributed by atoms with E-state index in [4.69, 9.17) is 4.74 Å². The smallest absolute Gasteiger partial charge is 0.436 e. The van der Waals surface area contributed by atoms with Crippen LogP contribution < -0.4 is 5.32 Å². The number of carbonyl (C=O) groups excluding carboxylic acids is 2. The SMILES string of the molecule is CCOC(=O)c1c(NC(=O)CCn2nc(C(F)(F)F)c(Br)c2C)sc(C)c1C. The zero-order chi connectivity index (χ0) is 21.2. The van der Waals surface area contributed by atoms with Crippen molar-refractivity contribution < 1.29 is 27.5 Å². The van der Waals surface area contributed by atoms with E-state index >= 15 is 0 Å². The first-order valence-electron chi connectivity index (χ1n) is 8.34. The van der Waals surface area contributed by atoms with Crippen molar-refractivity contribution in [2.24, 2.45) is 0 Å². The van der Waals surface area contributed by atoms with Gasteiger partial charge in [-0.25, -0.2) is 4.79 Å². The van der Waals surface area contributed by atoms with Crippen LogP contribution in [0.3, 0.4) is 0 Å². The molecule has 0 saturated heterocycles. The molecule has 0 saturated carbocycles. The standard InChI is InChI=1S/C17H19BrF3N3O3S/c1-5-27-16(26)12-8(2)10(4)28-15(12)22-11(25)6-7-24-9(3)13(18)14(23-24)17(19,20)21/h5-7H2,1-4H3,(H,22,25). The summed E-state index contributed by atoms with van der Waals surface area (Å²) in [4.78, 5) is 25.3. The van der Waals surface area contributed by atoms with Gasteiger partial charge in [0, 0.05) is 11.3 Å². The molecule has 1 N–H and O–H groups in total. The molecule has 2 heterocycles. The minimum Gasteiger partial charge on any atom is -0.462 e. The number of hydrogen-bond acceptors (Lipinski definition) is 5. The molecule has 0 spiro atoms. The van der Waals surface area contributed by atoms with Gasteiger partial charge in [-0.2, -0.15) is 18.3 Å². The van der Waals surface area contributed by atoms with Crippen molar-refractivity contribution in [1.29, 1.82) is 0 Å². The molecule has 0 unspecified atom stereocenters. The molecule has 28 heavy (non-hydrogen) atoms. The number of nitrogens with one attached hydrogen (secondary N) is 1. The fourth-order valence-corrected chi connectivity index (χ4v) is 4.06. The molecule has 0 fully saturated rings. The average Bonchev–Trinajstić information content (AvgIpc) is 3.03. The third-order valence-electron chi connectivity index (χ3n) is 4.07. The first-order valence-corrected chi connectivity index (χ1v) is 9.95. The van der Waals surface area contributed by atoms with Gasteiger partial charge < -0.3 is 10.1 Å². The lowest BCUT2D eigenvalue weighted by Crippen LogP contribution is -2.17. The van der Waals surface area contributed by atoms with Crippen molar-refractivity contribution in [3.63, 3.8) is 0 Å². The predicted octanol–water partition coefficient (Wildman–Crippen LogP) is 4.86. The average molecular weight is 482 g/mol. The number of thiophene rings is 1. The molecule has 0 bridgehead atoms. The molecule has 0 aliphatic rings. The number of halogens is 4. The third kappa shape index (κ3) is 4.75. The van der Waals surface area contributed by atoms with Gasteiger partial charge in [-0.05, 0) is 49.2 Å². The second kappa shape index (κ2) is 8.64. The highest BCUT2D eigenvalue weighted by Crippen LogP contribution is 2.36. The highest BCUT2D eigenvalue weighted by Gasteiger charge is 2.37. The molecule has 0 radical (unpaired) electrons. The summed E-state index contributed by atoms with van der Waals surface area (Å²) in [5.74, 6) is -0.965. The summed E-state index contributed by atoms with van der Waals surface area (Å²) in [6, 6.07) is 0. The van der Waals surface area contributed by atoms with Crippen LogP contribution in [0.25, 0.3) is 0 Å². The molecule has 1 amide bonds. The van der Waals surface area contributed by atoms with E-state index < -0.39 is 23.7 Å². The van der Waals surface area contributed by atoms with E-state index in [0.29, 0.717) is 10.6 Å². The van der Waals surface area contributed by atoms with Gasteiger partial charge in [-0.15, -0.1) is 11.3 Å². The van der Waals surface area contributed by atoms with Gasteiger partial charge in [0.15, 0.2) is 5.69 Å². The molecule has 2 rings (SSSR count). The van der Waals surface area contributed by atoms with Crippen LogP contribution in [0.5, 0.6) is 0 Å². The fourth-order valence-electron chi connectivity index (χ4n) is 2.48. The summed E-state index contributed by atoms with van der Waals surface area (Å²) in [5, 5.41) is 6.57. The fraction of sp³-hybridized carbons (Fsp3) is 0.471. The van der Waals surface area contributed by atoms with E-state index in [2.05, 4.69) is 26.3 Å². The van der Waals surface area contributed by atoms with Crippen LogP contribution in [0.4, 0.5) is 18.2 Å². The van der Waals surface area contributed by atoms with Gasteiger partial charge in [-0.1, -0.05) is 0 Å². The molecule has 0 aromatic carbocycles. The second-order valence-corrected chi connectivity index (χ2v) is 7.99. The van der Waals surface area contributed by atoms with Crippen molar-refractivity contribution in [1.82, 2.24) is 9.78 Å². The first kappa shape index (κ1) is 22.4. The Labute approximate surface area is 172 Å². The maximum atomic E-state index is 12.9. The van der Waals surface area contributed by atoms with Crippen molar-refractivity contribution in [3.8, 4) is 0 Å². The predicted molar refractivity (Wildman–Crippen MR) is 103 cm³/mol. The number of esters is 1. The number of aromatic nitrogens is 2. The summed E-state index contributed by atoms with van der Waals surface area (Å²) in [5.41, 5.74) is 0.269. The largest absolute Gasteiger partial charge is 0.462 e. The van der Waals surface area contributed by atoms with Gasteiger partial charge in [0.2, 0.25) is 5.91 Å². The Bertz CT molecular complexity index is 906. The van der Waals surface area contributed by atoms with E-state index in [1.807, 2.05) is 6.92 Å². The summed E-state index contributed by atoms with van der Waals surface area (Å²) >= 11 is 4.14. The minimum atomic E-state index is -4.59. The molecule has 11 heteroatoms. The number of rotatable bonds is 6. The molecular weight excluding hydrogens is 463 g/mol. The number of hydrogen-bond donors (Lipinski definition) is 1. The number of aryl methyl sites for hydroxylation is 2. The lowest BCUT2D eigenvalue weighted by molar-refractivity contribution is -0.142. The van der Waals surface area contributed by atoms with Crippen LogP contribution in [0.15, 0.2) is 4.47 Å². The van der Waals surface area contributed by atoms with Gasteiger partial charge in [0.05, 0.1) is 28.9 Å². The number of nitrogens with zero attached hydrogens (tertiary/aromatic N) is 2. The Kier molecular flexibility index (Phi) is 6.92. The van der Waals surface area contributed by atoms with Crippen molar-refractivity contribution in [3.05, 3.63) is 31.9 Å². The lowest BCUT2D eigenvalue weighted by atomic mass is 10.1. The molecule has 0 aliphatic carbocycles. The van der Waals surface area contributed by atoms with E-state index in [-0.39, 0.29) is 29.7 Å². The quantitative estimate of drug-likeness (QED) is 0.598. The normalized spacial score (nSPS) is 11.6. The number of carbonyl (C=O) groups is 2.